The predicted octanol–water partition coefficient (Wildman–Crippen LogP) is 3.21. The van der Waals surface area contributed by atoms with Gasteiger partial charge >= 0.3 is 5.97 Å². The van der Waals surface area contributed by atoms with Crippen molar-refractivity contribution in [2.24, 2.45) is 5.92 Å². The molecule has 3 rings (SSSR count). The molecular weight excluding hydrogens is 301 g/mol. The Morgan fingerprint density at radius 2 is 2.13 bits per heavy atom. The molecule has 1 N–H and O–H groups in total. The maximum Gasteiger partial charge on any atom is 0.326 e. The SMILES string of the molecule is Cc1c(C(=O)N2CCC(C)CC2C(=O)O)oc2ccc(F)cc12. The number of likely N-dealkylation sites (tertiary alicyclic amines) is 1. The summed E-state index contributed by atoms with van der Waals surface area (Å²) in [4.78, 5) is 25.6. The number of halogens is 1. The van der Waals surface area contributed by atoms with Gasteiger partial charge in [-0.05, 0) is 43.9 Å². The number of benzene rings is 1. The van der Waals surface area contributed by atoms with E-state index < -0.39 is 23.7 Å². The maximum atomic E-state index is 13.4. The summed E-state index contributed by atoms with van der Waals surface area (Å²) >= 11 is 0. The van der Waals surface area contributed by atoms with Crippen molar-refractivity contribution in [2.45, 2.75) is 32.7 Å². The quantitative estimate of drug-likeness (QED) is 0.922. The van der Waals surface area contributed by atoms with Crippen molar-refractivity contribution in [3.8, 4) is 0 Å². The molecule has 5 nitrogen and oxygen atoms in total. The number of carboxylic acid groups (broad SMARTS) is 1. The zero-order valence-corrected chi connectivity index (χ0v) is 13.0. The lowest BCUT2D eigenvalue weighted by atomic mass is 9.92. The molecular formula is C17H18FNO4. The highest BCUT2D eigenvalue weighted by Gasteiger charge is 2.37. The summed E-state index contributed by atoms with van der Waals surface area (Å²) in [5, 5.41) is 9.93. The third-order valence-corrected chi connectivity index (χ3v) is 4.50. The van der Waals surface area contributed by atoms with Crippen LogP contribution < -0.4 is 0 Å². The minimum Gasteiger partial charge on any atom is -0.480 e. The zero-order valence-electron chi connectivity index (χ0n) is 13.0. The van der Waals surface area contributed by atoms with Crippen LogP contribution in [-0.2, 0) is 4.79 Å². The molecule has 0 spiro atoms. The molecule has 1 aliphatic rings. The van der Waals surface area contributed by atoms with Crippen molar-refractivity contribution >= 4 is 22.8 Å². The Hall–Kier alpha value is -2.37. The summed E-state index contributed by atoms with van der Waals surface area (Å²) in [6.07, 6.45) is 1.18. The van der Waals surface area contributed by atoms with Gasteiger partial charge < -0.3 is 14.4 Å². The van der Waals surface area contributed by atoms with E-state index in [0.717, 1.165) is 6.42 Å². The molecule has 1 amide bonds. The Kier molecular flexibility index (Phi) is 3.83. The first-order valence-electron chi connectivity index (χ1n) is 7.61. The number of furan rings is 1. The number of piperidine rings is 1. The Labute approximate surface area is 132 Å². The van der Waals surface area contributed by atoms with E-state index in [0.29, 0.717) is 29.5 Å². The Morgan fingerprint density at radius 1 is 1.39 bits per heavy atom. The van der Waals surface area contributed by atoms with Crippen LogP contribution >= 0.6 is 0 Å². The summed E-state index contributed by atoms with van der Waals surface area (Å²) < 4.78 is 19.0. The van der Waals surface area contributed by atoms with Gasteiger partial charge in [-0.2, -0.15) is 0 Å². The summed E-state index contributed by atoms with van der Waals surface area (Å²) in [6, 6.07) is 3.21. The van der Waals surface area contributed by atoms with Crippen molar-refractivity contribution in [1.29, 1.82) is 0 Å². The third kappa shape index (κ3) is 2.69. The molecule has 6 heteroatoms. The van der Waals surface area contributed by atoms with Gasteiger partial charge in [0.25, 0.3) is 5.91 Å². The van der Waals surface area contributed by atoms with E-state index in [-0.39, 0.29) is 11.7 Å². The first-order chi connectivity index (χ1) is 10.9. The van der Waals surface area contributed by atoms with E-state index in [1.165, 1.54) is 23.1 Å². The second-order valence-corrected chi connectivity index (χ2v) is 6.18. The number of aryl methyl sites for hydroxylation is 1. The molecule has 1 fully saturated rings. The third-order valence-electron chi connectivity index (χ3n) is 4.50. The van der Waals surface area contributed by atoms with Gasteiger partial charge in [0.15, 0.2) is 5.76 Å². The molecule has 0 saturated carbocycles. The first-order valence-corrected chi connectivity index (χ1v) is 7.61. The van der Waals surface area contributed by atoms with Crippen LogP contribution in [0.3, 0.4) is 0 Å². The van der Waals surface area contributed by atoms with Crippen molar-refractivity contribution in [2.75, 3.05) is 6.54 Å². The normalized spacial score (nSPS) is 21.6. The van der Waals surface area contributed by atoms with E-state index in [4.69, 9.17) is 4.42 Å². The van der Waals surface area contributed by atoms with E-state index in [2.05, 4.69) is 0 Å². The van der Waals surface area contributed by atoms with E-state index >= 15 is 0 Å². The standard InChI is InChI=1S/C17H18FNO4/c1-9-5-6-19(13(7-9)17(21)22)16(20)15-10(2)12-8-11(18)3-4-14(12)23-15/h3-4,8-9,13H,5-7H2,1-2H3,(H,21,22). The van der Waals surface area contributed by atoms with Crippen LogP contribution in [0, 0.1) is 18.7 Å². The van der Waals surface area contributed by atoms with Gasteiger partial charge in [0.2, 0.25) is 0 Å². The lowest BCUT2D eigenvalue weighted by Crippen LogP contribution is -2.49. The molecule has 122 valence electrons. The molecule has 23 heavy (non-hydrogen) atoms. The largest absolute Gasteiger partial charge is 0.480 e. The fourth-order valence-electron chi connectivity index (χ4n) is 3.15. The summed E-state index contributed by atoms with van der Waals surface area (Å²) in [6.45, 7) is 4.04. The van der Waals surface area contributed by atoms with Crippen LogP contribution in [-0.4, -0.2) is 34.5 Å². The maximum absolute atomic E-state index is 13.4. The number of aliphatic carboxylic acids is 1. The number of carbonyl (C=O) groups is 2. The summed E-state index contributed by atoms with van der Waals surface area (Å²) in [5.41, 5.74) is 0.955. The molecule has 1 saturated heterocycles. The fraction of sp³-hybridized carbons (Fsp3) is 0.412. The summed E-state index contributed by atoms with van der Waals surface area (Å²) in [7, 11) is 0. The molecule has 2 aromatic rings. The highest BCUT2D eigenvalue weighted by Crippen LogP contribution is 2.30. The number of nitrogens with zero attached hydrogens (tertiary/aromatic N) is 1. The highest BCUT2D eigenvalue weighted by atomic mass is 19.1. The van der Waals surface area contributed by atoms with Gasteiger partial charge in [0.05, 0.1) is 0 Å². The predicted molar refractivity (Wildman–Crippen MR) is 81.8 cm³/mol. The number of carboxylic acids is 1. The molecule has 1 aliphatic heterocycles. The fourth-order valence-corrected chi connectivity index (χ4v) is 3.15. The average molecular weight is 319 g/mol. The lowest BCUT2D eigenvalue weighted by Gasteiger charge is -2.35. The lowest BCUT2D eigenvalue weighted by molar-refractivity contribution is -0.144. The molecule has 1 aromatic heterocycles. The van der Waals surface area contributed by atoms with Crippen LogP contribution in [0.25, 0.3) is 11.0 Å². The van der Waals surface area contributed by atoms with Crippen LogP contribution in [0.2, 0.25) is 0 Å². The topological polar surface area (TPSA) is 70.8 Å². The van der Waals surface area contributed by atoms with E-state index in [9.17, 15) is 19.1 Å². The van der Waals surface area contributed by atoms with Gasteiger partial charge in [-0.15, -0.1) is 0 Å². The minimum atomic E-state index is -1.01. The number of rotatable bonds is 2. The van der Waals surface area contributed by atoms with Crippen molar-refractivity contribution in [1.82, 2.24) is 4.90 Å². The van der Waals surface area contributed by atoms with Crippen molar-refractivity contribution < 1.29 is 23.5 Å². The van der Waals surface area contributed by atoms with Gasteiger partial charge in [0, 0.05) is 17.5 Å². The Balaban J connectivity index is 1.99. The van der Waals surface area contributed by atoms with E-state index in [1.54, 1.807) is 6.92 Å². The first kappa shape index (κ1) is 15.5. The number of hydrogen-bond donors (Lipinski definition) is 1. The minimum absolute atomic E-state index is 0.0893. The summed E-state index contributed by atoms with van der Waals surface area (Å²) in [5.74, 6) is -1.52. The van der Waals surface area contributed by atoms with Gasteiger partial charge in [-0.3, -0.25) is 4.79 Å². The molecule has 0 radical (unpaired) electrons. The number of hydrogen-bond acceptors (Lipinski definition) is 3. The molecule has 2 atom stereocenters. The van der Waals surface area contributed by atoms with Gasteiger partial charge in [-0.25, -0.2) is 9.18 Å². The van der Waals surface area contributed by atoms with Crippen LogP contribution in [0.15, 0.2) is 22.6 Å². The van der Waals surface area contributed by atoms with Crippen molar-refractivity contribution in [3.05, 3.63) is 35.3 Å². The van der Waals surface area contributed by atoms with E-state index in [1.807, 2.05) is 6.92 Å². The molecule has 2 unspecified atom stereocenters. The molecule has 2 heterocycles. The zero-order chi connectivity index (χ0) is 16.7. The monoisotopic (exact) mass is 319 g/mol. The smallest absolute Gasteiger partial charge is 0.326 e. The second kappa shape index (κ2) is 5.68. The molecule has 0 aliphatic carbocycles. The number of amides is 1. The number of carbonyl (C=O) groups excluding carboxylic acids is 1. The molecule has 1 aromatic carbocycles. The number of fused-ring (bicyclic) bond motifs is 1. The van der Waals surface area contributed by atoms with Crippen LogP contribution in [0.5, 0.6) is 0 Å². The Bertz CT molecular complexity index is 782. The second-order valence-electron chi connectivity index (χ2n) is 6.18. The van der Waals surface area contributed by atoms with Gasteiger partial charge in [-0.1, -0.05) is 6.92 Å². The Morgan fingerprint density at radius 3 is 2.83 bits per heavy atom. The van der Waals surface area contributed by atoms with Gasteiger partial charge in [0.1, 0.15) is 17.4 Å². The van der Waals surface area contributed by atoms with Crippen LogP contribution in [0.4, 0.5) is 4.39 Å². The average Bonchev–Trinajstić information content (AvgIpc) is 2.83. The van der Waals surface area contributed by atoms with Crippen LogP contribution in [0.1, 0.15) is 35.9 Å². The molecule has 0 bridgehead atoms. The van der Waals surface area contributed by atoms with Crippen molar-refractivity contribution in [3.63, 3.8) is 0 Å². The highest BCUT2D eigenvalue weighted by molar-refractivity contribution is 6.00.